The molecule has 1 aliphatic rings. The highest BCUT2D eigenvalue weighted by atomic mass is 32.1. The maximum atomic E-state index is 11.0. The number of nitrogens with zero attached hydrogens (tertiary/aromatic N) is 2. The van der Waals surface area contributed by atoms with Gasteiger partial charge in [0.1, 0.15) is 6.04 Å². The van der Waals surface area contributed by atoms with Gasteiger partial charge in [0.05, 0.1) is 0 Å². The van der Waals surface area contributed by atoms with Crippen LogP contribution in [0.15, 0.2) is 17.5 Å². The number of carboxylic acids is 1. The average molecular weight is 282 g/mol. The minimum Gasteiger partial charge on any atom is -0.480 e. The molecule has 0 aliphatic carbocycles. The molecule has 1 saturated heterocycles. The molecule has 2 heterocycles. The standard InChI is InChI=1S/C14H22N2O2S/c1-3-12(13-5-4-10-19-13)16-8-6-15(7-9-16)11(2)14(17)18/h4-5,10-12H,3,6-9H2,1-2H3,(H,17,18). The normalized spacial score (nSPS) is 21.2. The van der Waals surface area contributed by atoms with Crippen molar-refractivity contribution in [2.75, 3.05) is 26.2 Å². The molecule has 4 nitrogen and oxygen atoms in total. The van der Waals surface area contributed by atoms with Crippen LogP contribution >= 0.6 is 11.3 Å². The largest absolute Gasteiger partial charge is 0.480 e. The predicted molar refractivity (Wildman–Crippen MR) is 77.6 cm³/mol. The maximum absolute atomic E-state index is 11.0. The van der Waals surface area contributed by atoms with Crippen LogP contribution in [0, 0.1) is 0 Å². The molecule has 2 unspecified atom stereocenters. The van der Waals surface area contributed by atoms with Gasteiger partial charge < -0.3 is 5.11 Å². The van der Waals surface area contributed by atoms with Gasteiger partial charge in [0.15, 0.2) is 0 Å². The maximum Gasteiger partial charge on any atom is 0.320 e. The van der Waals surface area contributed by atoms with Crippen molar-refractivity contribution in [1.29, 1.82) is 0 Å². The fourth-order valence-electron chi connectivity index (χ4n) is 2.71. The minimum atomic E-state index is -0.723. The third-order valence-electron chi connectivity index (χ3n) is 3.95. The molecule has 1 aromatic rings. The lowest BCUT2D eigenvalue weighted by Crippen LogP contribution is -2.52. The van der Waals surface area contributed by atoms with Crippen molar-refractivity contribution in [3.63, 3.8) is 0 Å². The Balaban J connectivity index is 1.94. The summed E-state index contributed by atoms with van der Waals surface area (Å²) in [6.45, 7) is 7.58. The second-order valence-corrected chi connectivity index (χ2v) is 6.00. The van der Waals surface area contributed by atoms with Crippen LogP contribution in [0.2, 0.25) is 0 Å². The number of aliphatic carboxylic acids is 1. The number of carbonyl (C=O) groups is 1. The Morgan fingerprint density at radius 2 is 2.00 bits per heavy atom. The summed E-state index contributed by atoms with van der Waals surface area (Å²) in [6, 6.07) is 4.42. The summed E-state index contributed by atoms with van der Waals surface area (Å²) in [5.41, 5.74) is 0. The van der Waals surface area contributed by atoms with Gasteiger partial charge in [-0.15, -0.1) is 11.3 Å². The molecule has 0 saturated carbocycles. The van der Waals surface area contributed by atoms with E-state index in [2.05, 4.69) is 34.2 Å². The lowest BCUT2D eigenvalue weighted by atomic mass is 10.1. The Kier molecular flexibility index (Phi) is 4.96. The molecule has 1 fully saturated rings. The molecule has 0 aromatic carbocycles. The van der Waals surface area contributed by atoms with Crippen LogP contribution in [0.25, 0.3) is 0 Å². The Hall–Kier alpha value is -0.910. The summed E-state index contributed by atoms with van der Waals surface area (Å²) in [5, 5.41) is 11.2. The van der Waals surface area contributed by atoms with Gasteiger partial charge in [0.2, 0.25) is 0 Å². The number of rotatable bonds is 5. The SMILES string of the molecule is CCC(c1cccs1)N1CCN(C(C)C(=O)O)CC1. The van der Waals surface area contributed by atoms with Crippen molar-refractivity contribution in [3.05, 3.63) is 22.4 Å². The summed E-state index contributed by atoms with van der Waals surface area (Å²) < 4.78 is 0. The van der Waals surface area contributed by atoms with Crippen molar-refractivity contribution >= 4 is 17.3 Å². The molecule has 1 N–H and O–H groups in total. The number of hydrogen-bond acceptors (Lipinski definition) is 4. The summed E-state index contributed by atoms with van der Waals surface area (Å²) in [7, 11) is 0. The molecule has 0 amide bonds. The highest BCUT2D eigenvalue weighted by Gasteiger charge is 2.28. The number of thiophene rings is 1. The third-order valence-corrected chi connectivity index (χ3v) is 4.93. The van der Waals surface area contributed by atoms with Crippen molar-refractivity contribution in [2.24, 2.45) is 0 Å². The van der Waals surface area contributed by atoms with E-state index < -0.39 is 5.97 Å². The molecule has 2 rings (SSSR count). The number of hydrogen-bond donors (Lipinski definition) is 1. The van der Waals surface area contributed by atoms with E-state index in [1.165, 1.54) is 4.88 Å². The smallest absolute Gasteiger partial charge is 0.320 e. The predicted octanol–water partition coefficient (Wildman–Crippen LogP) is 2.29. The lowest BCUT2D eigenvalue weighted by Gasteiger charge is -2.40. The quantitative estimate of drug-likeness (QED) is 0.900. The molecule has 0 bridgehead atoms. The first-order valence-corrected chi connectivity index (χ1v) is 7.75. The topological polar surface area (TPSA) is 43.8 Å². The van der Waals surface area contributed by atoms with Gasteiger partial charge in [-0.25, -0.2) is 0 Å². The van der Waals surface area contributed by atoms with Gasteiger partial charge in [-0.05, 0) is 24.8 Å². The molecule has 1 aliphatic heterocycles. The lowest BCUT2D eigenvalue weighted by molar-refractivity contribution is -0.143. The van der Waals surface area contributed by atoms with Gasteiger partial charge in [-0.3, -0.25) is 14.6 Å². The summed E-state index contributed by atoms with van der Waals surface area (Å²) >= 11 is 1.81. The first kappa shape index (κ1) is 14.5. The molecular weight excluding hydrogens is 260 g/mol. The first-order chi connectivity index (χ1) is 9.13. The van der Waals surface area contributed by atoms with E-state index in [9.17, 15) is 4.79 Å². The molecule has 2 atom stereocenters. The summed E-state index contributed by atoms with van der Waals surface area (Å²) in [5.74, 6) is -0.723. The van der Waals surface area contributed by atoms with Crippen molar-refractivity contribution in [3.8, 4) is 0 Å². The van der Waals surface area contributed by atoms with Gasteiger partial charge in [-0.2, -0.15) is 0 Å². The van der Waals surface area contributed by atoms with Crippen LogP contribution in [-0.2, 0) is 4.79 Å². The molecule has 0 radical (unpaired) electrons. The highest BCUT2D eigenvalue weighted by Crippen LogP contribution is 2.28. The van der Waals surface area contributed by atoms with Crippen LogP contribution in [0.4, 0.5) is 0 Å². The second-order valence-electron chi connectivity index (χ2n) is 5.03. The van der Waals surface area contributed by atoms with Crippen LogP contribution < -0.4 is 0 Å². The van der Waals surface area contributed by atoms with Gasteiger partial charge in [-0.1, -0.05) is 13.0 Å². The minimum absolute atomic E-state index is 0.371. The van der Waals surface area contributed by atoms with Gasteiger partial charge >= 0.3 is 5.97 Å². The number of carboxylic acid groups (broad SMARTS) is 1. The molecule has 19 heavy (non-hydrogen) atoms. The third kappa shape index (κ3) is 3.35. The first-order valence-electron chi connectivity index (χ1n) is 6.87. The van der Waals surface area contributed by atoms with E-state index in [4.69, 9.17) is 5.11 Å². The average Bonchev–Trinajstić information content (AvgIpc) is 2.93. The molecule has 5 heteroatoms. The fraction of sp³-hybridized carbons (Fsp3) is 0.643. The van der Waals surface area contributed by atoms with E-state index in [0.717, 1.165) is 32.6 Å². The van der Waals surface area contributed by atoms with Crippen molar-refractivity contribution < 1.29 is 9.90 Å². The molecule has 106 valence electrons. The van der Waals surface area contributed by atoms with Crippen LogP contribution in [0.5, 0.6) is 0 Å². The summed E-state index contributed by atoms with van der Waals surface area (Å²) in [4.78, 5) is 17.0. The zero-order valence-electron chi connectivity index (χ0n) is 11.6. The fourth-order valence-corrected chi connectivity index (χ4v) is 3.66. The highest BCUT2D eigenvalue weighted by molar-refractivity contribution is 7.10. The molecule has 0 spiro atoms. The van der Waals surface area contributed by atoms with Crippen molar-refractivity contribution in [2.45, 2.75) is 32.4 Å². The Morgan fingerprint density at radius 3 is 2.47 bits per heavy atom. The summed E-state index contributed by atoms with van der Waals surface area (Å²) in [6.07, 6.45) is 1.11. The molecule has 1 aromatic heterocycles. The Morgan fingerprint density at radius 1 is 1.37 bits per heavy atom. The van der Waals surface area contributed by atoms with E-state index >= 15 is 0 Å². The van der Waals surface area contributed by atoms with Crippen LogP contribution in [-0.4, -0.2) is 53.1 Å². The Labute approximate surface area is 118 Å². The van der Waals surface area contributed by atoms with E-state index in [1.54, 1.807) is 6.92 Å². The van der Waals surface area contributed by atoms with Gasteiger partial charge in [0.25, 0.3) is 0 Å². The number of piperazine rings is 1. The van der Waals surface area contributed by atoms with E-state index in [1.807, 2.05) is 11.3 Å². The Bertz CT molecular complexity index is 400. The molecular formula is C14H22N2O2S. The van der Waals surface area contributed by atoms with E-state index in [0.29, 0.717) is 6.04 Å². The van der Waals surface area contributed by atoms with Crippen molar-refractivity contribution in [1.82, 2.24) is 9.80 Å². The van der Waals surface area contributed by atoms with Crippen LogP contribution in [0.3, 0.4) is 0 Å². The second kappa shape index (κ2) is 6.50. The monoisotopic (exact) mass is 282 g/mol. The zero-order chi connectivity index (χ0) is 13.8. The van der Waals surface area contributed by atoms with Crippen LogP contribution in [0.1, 0.15) is 31.2 Å². The van der Waals surface area contributed by atoms with Gasteiger partial charge in [0, 0.05) is 37.1 Å². The zero-order valence-corrected chi connectivity index (χ0v) is 12.4. The van der Waals surface area contributed by atoms with E-state index in [-0.39, 0.29) is 6.04 Å².